The molecule has 1 fully saturated rings. The zero-order chi connectivity index (χ0) is 20.0. The van der Waals surface area contributed by atoms with E-state index in [0.29, 0.717) is 30.9 Å². The number of para-hydroxylation sites is 1. The fraction of sp³-hybridized carbons (Fsp3) is 0.381. The van der Waals surface area contributed by atoms with Crippen LogP contribution in [0, 0.1) is 0 Å². The number of carbonyl (C=O) groups is 1. The number of alkyl halides is 3. The van der Waals surface area contributed by atoms with Crippen LogP contribution in [0.2, 0.25) is 0 Å². The molecule has 4 nitrogen and oxygen atoms in total. The Balaban J connectivity index is 1.52. The van der Waals surface area contributed by atoms with Gasteiger partial charge in [-0.1, -0.05) is 24.3 Å². The Labute approximate surface area is 161 Å². The first kappa shape index (κ1) is 20.2. The summed E-state index contributed by atoms with van der Waals surface area (Å²) in [5, 5.41) is 2.79. The molecule has 0 spiro atoms. The summed E-state index contributed by atoms with van der Waals surface area (Å²) >= 11 is 0. The number of benzene rings is 2. The summed E-state index contributed by atoms with van der Waals surface area (Å²) < 4.78 is 49.0. The largest absolute Gasteiger partial charge is 0.490 e. The van der Waals surface area contributed by atoms with Crippen LogP contribution in [-0.4, -0.2) is 31.8 Å². The lowest BCUT2D eigenvalue weighted by Gasteiger charge is -2.14. The topological polar surface area (TPSA) is 47.6 Å². The highest BCUT2D eigenvalue weighted by Gasteiger charge is 2.29. The van der Waals surface area contributed by atoms with Gasteiger partial charge in [0, 0.05) is 13.2 Å². The van der Waals surface area contributed by atoms with Crippen molar-refractivity contribution in [2.75, 3.05) is 19.8 Å². The molecule has 1 aliphatic rings. The van der Waals surface area contributed by atoms with Crippen LogP contribution in [0.15, 0.2) is 48.5 Å². The third kappa shape index (κ3) is 5.48. The molecule has 7 heteroatoms. The third-order valence-electron chi connectivity index (χ3n) is 4.56. The molecular formula is C21H22F3NO3. The molecular weight excluding hydrogens is 371 g/mol. The van der Waals surface area contributed by atoms with E-state index in [1.807, 2.05) is 0 Å². The van der Waals surface area contributed by atoms with E-state index >= 15 is 0 Å². The Morgan fingerprint density at radius 3 is 2.57 bits per heavy atom. The van der Waals surface area contributed by atoms with Gasteiger partial charge in [-0.3, -0.25) is 4.79 Å². The second kappa shape index (κ2) is 9.10. The average Bonchev–Trinajstić information content (AvgIpc) is 3.20. The van der Waals surface area contributed by atoms with Crippen molar-refractivity contribution in [2.24, 2.45) is 0 Å². The molecule has 0 aliphatic carbocycles. The number of nitrogens with one attached hydrogen (secondary N) is 1. The quantitative estimate of drug-likeness (QED) is 0.766. The van der Waals surface area contributed by atoms with Gasteiger partial charge in [0.2, 0.25) is 0 Å². The highest BCUT2D eigenvalue weighted by Crippen LogP contribution is 2.29. The van der Waals surface area contributed by atoms with Gasteiger partial charge in [-0.15, -0.1) is 0 Å². The molecule has 1 saturated heterocycles. The second-order valence-corrected chi connectivity index (χ2v) is 6.64. The SMILES string of the molecule is O=C(NCCc1ccc(C(F)(F)F)cc1)c1ccccc1OCC1CCCO1. The Morgan fingerprint density at radius 1 is 1.14 bits per heavy atom. The molecule has 3 rings (SSSR count). The van der Waals surface area contributed by atoms with Crippen molar-refractivity contribution >= 4 is 5.91 Å². The number of hydrogen-bond donors (Lipinski definition) is 1. The normalized spacial score (nSPS) is 16.8. The van der Waals surface area contributed by atoms with Crippen LogP contribution in [0.25, 0.3) is 0 Å². The maximum absolute atomic E-state index is 12.6. The molecule has 1 amide bonds. The van der Waals surface area contributed by atoms with Crippen LogP contribution >= 0.6 is 0 Å². The fourth-order valence-corrected chi connectivity index (χ4v) is 3.01. The van der Waals surface area contributed by atoms with E-state index in [1.54, 1.807) is 24.3 Å². The van der Waals surface area contributed by atoms with E-state index in [2.05, 4.69) is 5.32 Å². The first-order chi connectivity index (χ1) is 13.4. The Kier molecular flexibility index (Phi) is 6.57. The van der Waals surface area contributed by atoms with Crippen molar-refractivity contribution in [1.82, 2.24) is 5.32 Å². The number of halogens is 3. The predicted molar refractivity (Wildman–Crippen MR) is 98.4 cm³/mol. The molecule has 1 heterocycles. The standard InChI is InChI=1S/C21H22F3NO3/c22-21(23,24)16-9-7-15(8-10-16)11-12-25-20(26)18-5-1-2-6-19(18)28-14-17-4-3-13-27-17/h1-2,5-10,17H,3-4,11-14H2,(H,25,26). The minimum atomic E-state index is -4.35. The molecule has 1 atom stereocenters. The van der Waals surface area contributed by atoms with Crippen LogP contribution in [0.4, 0.5) is 13.2 Å². The summed E-state index contributed by atoms with van der Waals surface area (Å²) in [5.41, 5.74) is 0.460. The molecule has 2 aromatic rings. The number of amides is 1. The molecule has 1 unspecified atom stereocenters. The van der Waals surface area contributed by atoms with Crippen LogP contribution in [0.1, 0.15) is 34.3 Å². The number of hydrogen-bond acceptors (Lipinski definition) is 3. The van der Waals surface area contributed by atoms with Gasteiger partial charge in [-0.05, 0) is 49.1 Å². The minimum absolute atomic E-state index is 0.0517. The Morgan fingerprint density at radius 2 is 1.89 bits per heavy atom. The van der Waals surface area contributed by atoms with E-state index < -0.39 is 11.7 Å². The Hall–Kier alpha value is -2.54. The van der Waals surface area contributed by atoms with Gasteiger partial charge in [-0.2, -0.15) is 13.2 Å². The molecule has 2 aromatic carbocycles. The highest BCUT2D eigenvalue weighted by atomic mass is 19.4. The van der Waals surface area contributed by atoms with Crippen LogP contribution < -0.4 is 10.1 Å². The number of rotatable bonds is 7. The lowest BCUT2D eigenvalue weighted by atomic mass is 10.1. The first-order valence-electron chi connectivity index (χ1n) is 9.21. The van der Waals surface area contributed by atoms with Gasteiger partial charge < -0.3 is 14.8 Å². The van der Waals surface area contributed by atoms with E-state index in [-0.39, 0.29) is 12.0 Å². The zero-order valence-electron chi connectivity index (χ0n) is 15.3. The number of carbonyl (C=O) groups excluding carboxylic acids is 1. The van der Waals surface area contributed by atoms with E-state index in [4.69, 9.17) is 9.47 Å². The summed E-state index contributed by atoms with van der Waals surface area (Å²) in [6.07, 6.45) is -1.90. The van der Waals surface area contributed by atoms with Gasteiger partial charge >= 0.3 is 6.18 Å². The van der Waals surface area contributed by atoms with Gasteiger partial charge in [0.05, 0.1) is 17.2 Å². The van der Waals surface area contributed by atoms with E-state index in [0.717, 1.165) is 37.1 Å². The molecule has 0 aromatic heterocycles. The van der Waals surface area contributed by atoms with Crippen molar-refractivity contribution in [3.63, 3.8) is 0 Å². The molecule has 0 radical (unpaired) electrons. The highest BCUT2D eigenvalue weighted by molar-refractivity contribution is 5.96. The second-order valence-electron chi connectivity index (χ2n) is 6.64. The third-order valence-corrected chi connectivity index (χ3v) is 4.56. The van der Waals surface area contributed by atoms with Crippen molar-refractivity contribution < 1.29 is 27.4 Å². The summed E-state index contributed by atoms with van der Waals surface area (Å²) in [6, 6.07) is 11.9. The van der Waals surface area contributed by atoms with Gasteiger partial charge in [0.1, 0.15) is 12.4 Å². The van der Waals surface area contributed by atoms with Crippen LogP contribution in [-0.2, 0) is 17.3 Å². The van der Waals surface area contributed by atoms with Crippen molar-refractivity contribution in [3.8, 4) is 5.75 Å². The smallest absolute Gasteiger partial charge is 0.416 e. The maximum atomic E-state index is 12.6. The predicted octanol–water partition coefficient (Wildman–Crippen LogP) is 4.24. The summed E-state index contributed by atoms with van der Waals surface area (Å²) in [4.78, 5) is 12.5. The first-order valence-corrected chi connectivity index (χ1v) is 9.21. The van der Waals surface area contributed by atoms with Crippen LogP contribution in [0.5, 0.6) is 5.75 Å². The number of ether oxygens (including phenoxy) is 2. The summed E-state index contributed by atoms with van der Waals surface area (Å²) in [6.45, 7) is 1.44. The Bertz CT molecular complexity index is 784. The molecule has 1 aliphatic heterocycles. The van der Waals surface area contributed by atoms with Crippen LogP contribution in [0.3, 0.4) is 0 Å². The van der Waals surface area contributed by atoms with Crippen molar-refractivity contribution in [3.05, 3.63) is 65.2 Å². The van der Waals surface area contributed by atoms with Crippen molar-refractivity contribution in [1.29, 1.82) is 0 Å². The van der Waals surface area contributed by atoms with E-state index in [9.17, 15) is 18.0 Å². The van der Waals surface area contributed by atoms with E-state index in [1.165, 1.54) is 12.1 Å². The molecule has 0 bridgehead atoms. The minimum Gasteiger partial charge on any atom is -0.490 e. The molecule has 1 N–H and O–H groups in total. The summed E-state index contributed by atoms with van der Waals surface area (Å²) in [5.74, 6) is 0.208. The fourth-order valence-electron chi connectivity index (χ4n) is 3.01. The molecule has 0 saturated carbocycles. The molecule has 28 heavy (non-hydrogen) atoms. The maximum Gasteiger partial charge on any atom is 0.416 e. The zero-order valence-corrected chi connectivity index (χ0v) is 15.3. The van der Waals surface area contributed by atoms with Gasteiger partial charge in [-0.25, -0.2) is 0 Å². The average molecular weight is 393 g/mol. The van der Waals surface area contributed by atoms with Gasteiger partial charge in [0.25, 0.3) is 5.91 Å². The lowest BCUT2D eigenvalue weighted by molar-refractivity contribution is -0.137. The summed E-state index contributed by atoms with van der Waals surface area (Å²) in [7, 11) is 0. The molecule has 150 valence electrons. The van der Waals surface area contributed by atoms with Gasteiger partial charge in [0.15, 0.2) is 0 Å². The lowest BCUT2D eigenvalue weighted by Crippen LogP contribution is -2.26. The monoisotopic (exact) mass is 393 g/mol. The van der Waals surface area contributed by atoms with Crippen molar-refractivity contribution in [2.45, 2.75) is 31.5 Å².